The highest BCUT2D eigenvalue weighted by Gasteiger charge is 2.17. The molecular formula is C16H26N2. The predicted octanol–water partition coefficient (Wildman–Crippen LogP) is 4.25. The number of hydrogen-bond donors (Lipinski definition) is 1. The van der Waals surface area contributed by atoms with Crippen LogP contribution in [0, 0.1) is 11.8 Å². The number of aromatic nitrogens is 1. The van der Waals surface area contributed by atoms with E-state index in [2.05, 4.69) is 56.7 Å². The summed E-state index contributed by atoms with van der Waals surface area (Å²) in [7, 11) is 1.94. The second-order valence-electron chi connectivity index (χ2n) is 5.48. The normalized spacial score (nSPS) is 12.8. The number of nitrogens with zero attached hydrogens (tertiary/aromatic N) is 1. The molecule has 0 spiro atoms. The molecule has 1 N–H and O–H groups in total. The van der Waals surface area contributed by atoms with Crippen LogP contribution in [-0.4, -0.2) is 12.0 Å². The Labute approximate surface area is 112 Å². The Morgan fingerprint density at radius 1 is 1.33 bits per heavy atom. The lowest BCUT2D eigenvalue weighted by molar-refractivity contribution is 0.462. The minimum Gasteiger partial charge on any atom is -0.373 e. The Morgan fingerprint density at radius 3 is 2.44 bits per heavy atom. The second kappa shape index (κ2) is 6.58. The van der Waals surface area contributed by atoms with E-state index in [4.69, 9.17) is 0 Å². The summed E-state index contributed by atoms with van der Waals surface area (Å²) in [5.74, 6) is 2.63. The Morgan fingerprint density at radius 2 is 2.00 bits per heavy atom. The van der Waals surface area contributed by atoms with Crippen molar-refractivity contribution in [2.24, 2.45) is 11.8 Å². The fourth-order valence-corrected chi connectivity index (χ4v) is 2.31. The molecule has 1 unspecified atom stereocenters. The standard InChI is InChI=1S/C16H26N2/c1-7-13(11(2)3)10-15-14(12(4)5)8-9-18-16(15)17-6/h7-9,11-13H,1,10H2,2-6H3,(H,17,18). The van der Waals surface area contributed by atoms with Crippen molar-refractivity contribution in [1.29, 1.82) is 0 Å². The molecule has 1 rings (SSSR count). The zero-order valence-corrected chi connectivity index (χ0v) is 12.3. The third-order valence-corrected chi connectivity index (χ3v) is 3.55. The van der Waals surface area contributed by atoms with Gasteiger partial charge in [-0.25, -0.2) is 4.98 Å². The number of nitrogens with one attached hydrogen (secondary N) is 1. The molecule has 0 saturated carbocycles. The summed E-state index contributed by atoms with van der Waals surface area (Å²) in [4.78, 5) is 4.44. The lowest BCUT2D eigenvalue weighted by Gasteiger charge is -2.22. The number of pyridine rings is 1. The van der Waals surface area contributed by atoms with E-state index < -0.39 is 0 Å². The van der Waals surface area contributed by atoms with E-state index in [9.17, 15) is 0 Å². The molecule has 0 saturated heterocycles. The van der Waals surface area contributed by atoms with E-state index in [1.165, 1.54) is 11.1 Å². The van der Waals surface area contributed by atoms with Gasteiger partial charge in [-0.3, -0.25) is 0 Å². The first-order valence-corrected chi connectivity index (χ1v) is 6.79. The van der Waals surface area contributed by atoms with Gasteiger partial charge in [-0.1, -0.05) is 33.8 Å². The van der Waals surface area contributed by atoms with Crippen molar-refractivity contribution in [3.63, 3.8) is 0 Å². The number of allylic oxidation sites excluding steroid dienone is 1. The first kappa shape index (κ1) is 14.7. The van der Waals surface area contributed by atoms with Crippen LogP contribution >= 0.6 is 0 Å². The van der Waals surface area contributed by atoms with E-state index in [0.29, 0.717) is 17.8 Å². The average Bonchev–Trinajstić information content (AvgIpc) is 2.34. The molecule has 18 heavy (non-hydrogen) atoms. The molecule has 0 bridgehead atoms. The van der Waals surface area contributed by atoms with Crippen molar-refractivity contribution in [3.8, 4) is 0 Å². The quantitative estimate of drug-likeness (QED) is 0.759. The summed E-state index contributed by atoms with van der Waals surface area (Å²) in [6.07, 6.45) is 4.98. The molecule has 0 radical (unpaired) electrons. The summed E-state index contributed by atoms with van der Waals surface area (Å²) < 4.78 is 0. The van der Waals surface area contributed by atoms with Gasteiger partial charge < -0.3 is 5.32 Å². The van der Waals surface area contributed by atoms with E-state index in [1.54, 1.807) is 0 Å². The maximum atomic E-state index is 4.44. The van der Waals surface area contributed by atoms with E-state index >= 15 is 0 Å². The SMILES string of the molecule is C=CC(Cc1c(C(C)C)ccnc1NC)C(C)C. The molecule has 0 aromatic carbocycles. The summed E-state index contributed by atoms with van der Waals surface area (Å²) in [6.45, 7) is 12.9. The van der Waals surface area contributed by atoms with Crippen LogP contribution < -0.4 is 5.32 Å². The molecule has 1 aromatic heterocycles. The van der Waals surface area contributed by atoms with Gasteiger partial charge in [0.2, 0.25) is 0 Å². The monoisotopic (exact) mass is 246 g/mol. The summed E-state index contributed by atoms with van der Waals surface area (Å²) in [5.41, 5.74) is 2.73. The van der Waals surface area contributed by atoms with Gasteiger partial charge in [-0.05, 0) is 41.4 Å². The van der Waals surface area contributed by atoms with Gasteiger partial charge in [0.25, 0.3) is 0 Å². The lowest BCUT2D eigenvalue weighted by atomic mass is 9.86. The topological polar surface area (TPSA) is 24.9 Å². The van der Waals surface area contributed by atoms with Gasteiger partial charge in [0.05, 0.1) is 0 Å². The van der Waals surface area contributed by atoms with Crippen molar-refractivity contribution in [2.45, 2.75) is 40.0 Å². The van der Waals surface area contributed by atoms with Gasteiger partial charge in [-0.2, -0.15) is 0 Å². The Balaban J connectivity index is 3.15. The molecule has 0 aliphatic heterocycles. The van der Waals surface area contributed by atoms with Crippen molar-refractivity contribution in [1.82, 2.24) is 4.98 Å². The van der Waals surface area contributed by atoms with Gasteiger partial charge in [0.15, 0.2) is 0 Å². The molecule has 1 aromatic rings. The van der Waals surface area contributed by atoms with Crippen LogP contribution in [0.1, 0.15) is 44.7 Å². The second-order valence-corrected chi connectivity index (χ2v) is 5.48. The maximum Gasteiger partial charge on any atom is 0.129 e. The van der Waals surface area contributed by atoms with E-state index in [-0.39, 0.29) is 0 Å². The zero-order chi connectivity index (χ0) is 13.7. The average molecular weight is 246 g/mol. The molecular weight excluding hydrogens is 220 g/mol. The van der Waals surface area contributed by atoms with Gasteiger partial charge >= 0.3 is 0 Å². The highest BCUT2D eigenvalue weighted by atomic mass is 15.0. The van der Waals surface area contributed by atoms with Crippen LogP contribution in [0.5, 0.6) is 0 Å². The van der Waals surface area contributed by atoms with Crippen molar-refractivity contribution in [3.05, 3.63) is 36.0 Å². The molecule has 1 heterocycles. The molecule has 2 nitrogen and oxygen atoms in total. The van der Waals surface area contributed by atoms with Gasteiger partial charge in [0, 0.05) is 13.2 Å². The molecule has 0 aliphatic carbocycles. The van der Waals surface area contributed by atoms with Gasteiger partial charge in [0.1, 0.15) is 5.82 Å². The fourth-order valence-electron chi connectivity index (χ4n) is 2.31. The largest absolute Gasteiger partial charge is 0.373 e. The van der Waals surface area contributed by atoms with Crippen molar-refractivity contribution < 1.29 is 0 Å². The molecule has 0 aliphatic rings. The smallest absolute Gasteiger partial charge is 0.129 e. The Kier molecular flexibility index (Phi) is 5.39. The number of rotatable bonds is 6. The van der Waals surface area contributed by atoms with Crippen LogP contribution in [0.25, 0.3) is 0 Å². The first-order valence-electron chi connectivity index (χ1n) is 6.79. The van der Waals surface area contributed by atoms with E-state index in [1.807, 2.05) is 13.2 Å². The minimum absolute atomic E-state index is 0.499. The molecule has 100 valence electrons. The van der Waals surface area contributed by atoms with Crippen LogP contribution in [0.4, 0.5) is 5.82 Å². The summed E-state index contributed by atoms with van der Waals surface area (Å²) in [5, 5.41) is 3.21. The summed E-state index contributed by atoms with van der Waals surface area (Å²) in [6, 6.07) is 2.14. The van der Waals surface area contributed by atoms with Crippen LogP contribution in [0.15, 0.2) is 24.9 Å². The maximum absolute atomic E-state index is 4.44. The molecule has 2 heteroatoms. The molecule has 0 fully saturated rings. The number of anilines is 1. The van der Waals surface area contributed by atoms with Crippen molar-refractivity contribution in [2.75, 3.05) is 12.4 Å². The van der Waals surface area contributed by atoms with Crippen LogP contribution in [0.3, 0.4) is 0 Å². The molecule has 1 atom stereocenters. The fraction of sp³-hybridized carbons (Fsp3) is 0.562. The van der Waals surface area contributed by atoms with E-state index in [0.717, 1.165) is 12.2 Å². The predicted molar refractivity (Wildman–Crippen MR) is 80.1 cm³/mol. The minimum atomic E-state index is 0.499. The first-order chi connectivity index (χ1) is 8.51. The highest BCUT2D eigenvalue weighted by molar-refractivity contribution is 5.49. The van der Waals surface area contributed by atoms with Crippen LogP contribution in [-0.2, 0) is 6.42 Å². The third kappa shape index (κ3) is 3.34. The Hall–Kier alpha value is -1.31. The van der Waals surface area contributed by atoms with Crippen LogP contribution in [0.2, 0.25) is 0 Å². The van der Waals surface area contributed by atoms with Gasteiger partial charge in [-0.15, -0.1) is 6.58 Å². The summed E-state index contributed by atoms with van der Waals surface area (Å²) >= 11 is 0. The van der Waals surface area contributed by atoms with Crippen molar-refractivity contribution >= 4 is 5.82 Å². The third-order valence-electron chi connectivity index (χ3n) is 3.55. The highest BCUT2D eigenvalue weighted by Crippen LogP contribution is 2.29. The Bertz CT molecular complexity index is 394. The zero-order valence-electron chi connectivity index (χ0n) is 12.3. The lowest BCUT2D eigenvalue weighted by Crippen LogP contribution is -2.13. The number of hydrogen-bond acceptors (Lipinski definition) is 2. The molecule has 0 amide bonds.